The van der Waals surface area contributed by atoms with E-state index in [1.165, 1.54) is 22.6 Å². The fourth-order valence-corrected chi connectivity index (χ4v) is 4.24. The second kappa shape index (κ2) is 6.99. The number of hydrogen-bond acceptors (Lipinski definition) is 5. The topological polar surface area (TPSA) is 59.2 Å². The molecule has 1 atom stereocenters. The molecule has 0 spiro atoms. The van der Waals surface area contributed by atoms with E-state index in [-0.39, 0.29) is 17.8 Å². The first kappa shape index (κ1) is 16.9. The molecule has 1 aromatic carbocycles. The Hall–Kier alpha value is -2.54. The summed E-state index contributed by atoms with van der Waals surface area (Å²) in [7, 11) is 0. The lowest BCUT2D eigenvalue weighted by Gasteiger charge is -2.33. The third-order valence-electron chi connectivity index (χ3n) is 4.72. The number of nitrogens with zero attached hydrogens (tertiary/aromatic N) is 3. The third kappa shape index (κ3) is 3.26. The number of aryl methyl sites for hydroxylation is 1. The number of rotatable bonds is 4. The standard InChI is InChI=1S/C19H18FN3O2S/c1-12-15-9-11-26-16(15)8-10-23(12)18(24)7-6-17-21-19(22-25-17)13-2-4-14(20)5-3-13/h2-5,9,11-12H,6-8,10H2,1H3/t12-/m0/s1. The van der Waals surface area contributed by atoms with Crippen molar-refractivity contribution >= 4 is 17.2 Å². The van der Waals surface area contributed by atoms with Crippen LogP contribution in [0.5, 0.6) is 0 Å². The maximum atomic E-state index is 13.0. The zero-order valence-corrected chi connectivity index (χ0v) is 15.1. The predicted octanol–water partition coefficient (Wildman–Crippen LogP) is 4.02. The SMILES string of the molecule is C[C@H]1c2ccsc2CCN1C(=O)CCc1nc(-c2ccc(F)cc2)no1. The Bertz CT molecular complexity index is 919. The Morgan fingerprint density at radius 1 is 1.35 bits per heavy atom. The summed E-state index contributed by atoms with van der Waals surface area (Å²) >= 11 is 1.76. The normalized spacial score (nSPS) is 16.5. The molecule has 1 aliphatic heterocycles. The van der Waals surface area contributed by atoms with E-state index >= 15 is 0 Å². The maximum Gasteiger partial charge on any atom is 0.227 e. The number of thiophene rings is 1. The minimum atomic E-state index is -0.313. The summed E-state index contributed by atoms with van der Waals surface area (Å²) in [5.41, 5.74) is 1.94. The van der Waals surface area contributed by atoms with E-state index in [0.29, 0.717) is 30.1 Å². The maximum absolute atomic E-state index is 13.0. The average Bonchev–Trinajstić information content (AvgIpc) is 3.30. The first-order chi connectivity index (χ1) is 12.6. The Kier molecular flexibility index (Phi) is 4.55. The van der Waals surface area contributed by atoms with Crippen LogP contribution in [0.4, 0.5) is 4.39 Å². The lowest BCUT2D eigenvalue weighted by atomic mass is 10.0. The van der Waals surface area contributed by atoms with Gasteiger partial charge >= 0.3 is 0 Å². The largest absolute Gasteiger partial charge is 0.339 e. The molecule has 0 saturated heterocycles. The lowest BCUT2D eigenvalue weighted by molar-refractivity contribution is -0.133. The van der Waals surface area contributed by atoms with Gasteiger partial charge in [0.25, 0.3) is 0 Å². The van der Waals surface area contributed by atoms with Crippen molar-refractivity contribution in [1.82, 2.24) is 15.0 Å². The summed E-state index contributed by atoms with van der Waals surface area (Å²) in [6, 6.07) is 8.12. The Morgan fingerprint density at radius 2 is 2.15 bits per heavy atom. The van der Waals surface area contributed by atoms with Crippen LogP contribution in [0.2, 0.25) is 0 Å². The van der Waals surface area contributed by atoms with Crippen molar-refractivity contribution < 1.29 is 13.7 Å². The molecule has 0 unspecified atom stereocenters. The monoisotopic (exact) mass is 371 g/mol. The fraction of sp³-hybridized carbons (Fsp3) is 0.316. The molecule has 2 aromatic heterocycles. The van der Waals surface area contributed by atoms with E-state index in [1.54, 1.807) is 23.5 Å². The minimum Gasteiger partial charge on any atom is -0.339 e. The number of benzene rings is 1. The molecule has 0 saturated carbocycles. The van der Waals surface area contributed by atoms with Crippen LogP contribution in [0.25, 0.3) is 11.4 Å². The average molecular weight is 371 g/mol. The molecule has 0 N–H and O–H groups in total. The number of fused-ring (bicyclic) bond motifs is 1. The molecule has 5 nitrogen and oxygen atoms in total. The van der Waals surface area contributed by atoms with Gasteiger partial charge in [0.2, 0.25) is 17.6 Å². The highest BCUT2D eigenvalue weighted by Gasteiger charge is 2.28. The molecule has 3 heterocycles. The van der Waals surface area contributed by atoms with Crippen molar-refractivity contribution in [2.45, 2.75) is 32.2 Å². The summed E-state index contributed by atoms with van der Waals surface area (Å²) in [5.74, 6) is 0.601. The van der Waals surface area contributed by atoms with Crippen LogP contribution in [0.3, 0.4) is 0 Å². The first-order valence-corrected chi connectivity index (χ1v) is 9.44. The van der Waals surface area contributed by atoms with Gasteiger partial charge in [-0.15, -0.1) is 11.3 Å². The highest BCUT2D eigenvalue weighted by molar-refractivity contribution is 7.10. The molecule has 1 amide bonds. The van der Waals surface area contributed by atoms with E-state index in [4.69, 9.17) is 4.52 Å². The second-order valence-electron chi connectivity index (χ2n) is 6.33. The summed E-state index contributed by atoms with van der Waals surface area (Å²) in [4.78, 5) is 20.2. The molecule has 134 valence electrons. The minimum absolute atomic E-state index is 0.0934. The van der Waals surface area contributed by atoms with Crippen molar-refractivity contribution in [3.63, 3.8) is 0 Å². The molecule has 0 bridgehead atoms. The molecule has 4 rings (SSSR count). The predicted molar refractivity (Wildman–Crippen MR) is 96.2 cm³/mol. The molecule has 0 fully saturated rings. The van der Waals surface area contributed by atoms with Gasteiger partial charge in [-0.1, -0.05) is 5.16 Å². The van der Waals surface area contributed by atoms with Crippen LogP contribution in [0, 0.1) is 5.82 Å². The number of carbonyl (C=O) groups excluding carboxylic acids is 1. The van der Waals surface area contributed by atoms with Crippen molar-refractivity contribution in [2.75, 3.05) is 6.54 Å². The highest BCUT2D eigenvalue weighted by Crippen LogP contribution is 2.33. The van der Waals surface area contributed by atoms with Crippen LogP contribution in [-0.2, 0) is 17.6 Å². The van der Waals surface area contributed by atoms with Gasteiger partial charge in [0.05, 0.1) is 6.04 Å². The molecular weight excluding hydrogens is 353 g/mol. The van der Waals surface area contributed by atoms with E-state index in [2.05, 4.69) is 28.5 Å². The van der Waals surface area contributed by atoms with Crippen LogP contribution < -0.4 is 0 Å². The zero-order chi connectivity index (χ0) is 18.1. The van der Waals surface area contributed by atoms with Crippen LogP contribution in [-0.4, -0.2) is 27.5 Å². The van der Waals surface area contributed by atoms with Crippen molar-refractivity contribution in [3.8, 4) is 11.4 Å². The van der Waals surface area contributed by atoms with Gasteiger partial charge in [-0.3, -0.25) is 4.79 Å². The highest BCUT2D eigenvalue weighted by atomic mass is 32.1. The molecule has 0 aliphatic carbocycles. The quantitative estimate of drug-likeness (QED) is 0.695. The van der Waals surface area contributed by atoms with Crippen molar-refractivity contribution in [1.29, 1.82) is 0 Å². The van der Waals surface area contributed by atoms with Gasteiger partial charge in [-0.05, 0) is 54.6 Å². The summed E-state index contributed by atoms with van der Waals surface area (Å²) in [5, 5.41) is 6.00. The van der Waals surface area contributed by atoms with E-state index < -0.39 is 0 Å². The molecule has 0 radical (unpaired) electrons. The second-order valence-corrected chi connectivity index (χ2v) is 7.33. The number of hydrogen-bond donors (Lipinski definition) is 0. The molecule has 26 heavy (non-hydrogen) atoms. The van der Waals surface area contributed by atoms with E-state index in [0.717, 1.165) is 13.0 Å². The number of halogens is 1. The smallest absolute Gasteiger partial charge is 0.227 e. The number of aromatic nitrogens is 2. The van der Waals surface area contributed by atoms with Gasteiger partial charge in [-0.2, -0.15) is 4.98 Å². The molecule has 7 heteroatoms. The van der Waals surface area contributed by atoms with Gasteiger partial charge in [-0.25, -0.2) is 4.39 Å². The van der Waals surface area contributed by atoms with Gasteiger partial charge < -0.3 is 9.42 Å². The van der Waals surface area contributed by atoms with Crippen molar-refractivity contribution in [3.05, 3.63) is 57.9 Å². The number of amides is 1. The summed E-state index contributed by atoms with van der Waals surface area (Å²) < 4.78 is 18.2. The van der Waals surface area contributed by atoms with Crippen LogP contribution >= 0.6 is 11.3 Å². The molecular formula is C19H18FN3O2S. The third-order valence-corrected chi connectivity index (χ3v) is 5.72. The Labute approximate surface area is 154 Å². The fourth-order valence-electron chi connectivity index (χ4n) is 3.28. The summed E-state index contributed by atoms with van der Waals surface area (Å²) in [6.07, 6.45) is 1.64. The van der Waals surface area contributed by atoms with Crippen LogP contribution in [0.15, 0.2) is 40.2 Å². The van der Waals surface area contributed by atoms with Crippen molar-refractivity contribution in [2.24, 2.45) is 0 Å². The molecule has 1 aliphatic rings. The van der Waals surface area contributed by atoms with Gasteiger partial charge in [0.15, 0.2) is 0 Å². The van der Waals surface area contributed by atoms with Gasteiger partial charge in [0.1, 0.15) is 5.82 Å². The first-order valence-electron chi connectivity index (χ1n) is 8.56. The zero-order valence-electron chi connectivity index (χ0n) is 14.3. The Balaban J connectivity index is 1.39. The van der Waals surface area contributed by atoms with Gasteiger partial charge in [0, 0.05) is 29.8 Å². The lowest BCUT2D eigenvalue weighted by Crippen LogP contribution is -2.38. The van der Waals surface area contributed by atoms with Crippen LogP contribution in [0.1, 0.15) is 35.7 Å². The number of carbonyl (C=O) groups is 1. The summed E-state index contributed by atoms with van der Waals surface area (Å²) in [6.45, 7) is 2.82. The Morgan fingerprint density at radius 3 is 2.96 bits per heavy atom. The van der Waals surface area contributed by atoms with E-state index in [1.807, 2.05) is 4.90 Å². The molecule has 3 aromatic rings. The van der Waals surface area contributed by atoms with E-state index in [9.17, 15) is 9.18 Å².